The Hall–Kier alpha value is -0.680. The molecule has 2 N–H and O–H groups in total. The molecule has 1 aliphatic rings. The van der Waals surface area contributed by atoms with Gasteiger partial charge in [0, 0.05) is 18.5 Å². The first-order valence-electron chi connectivity index (χ1n) is 5.61. The van der Waals surface area contributed by atoms with Crippen LogP contribution in [-0.4, -0.2) is 22.1 Å². The van der Waals surface area contributed by atoms with Crippen molar-refractivity contribution in [2.75, 3.05) is 6.54 Å². The van der Waals surface area contributed by atoms with Crippen molar-refractivity contribution in [1.29, 1.82) is 0 Å². The third-order valence-electron chi connectivity index (χ3n) is 3.49. The van der Waals surface area contributed by atoms with Crippen molar-refractivity contribution in [3.8, 4) is 0 Å². The Balaban J connectivity index is 2.36. The molecular weight excluding hydrogens is 270 g/mol. The fourth-order valence-corrected chi connectivity index (χ4v) is 2.68. The molecule has 0 radical (unpaired) electrons. The predicted octanol–water partition coefficient (Wildman–Crippen LogP) is 1.98. The van der Waals surface area contributed by atoms with Crippen LogP contribution >= 0.6 is 15.9 Å². The molecule has 0 spiro atoms. The van der Waals surface area contributed by atoms with E-state index in [4.69, 9.17) is 5.73 Å². The van der Waals surface area contributed by atoms with Gasteiger partial charge in [-0.2, -0.15) is 5.10 Å². The van der Waals surface area contributed by atoms with E-state index in [1.165, 1.54) is 0 Å². The monoisotopic (exact) mass is 285 g/mol. The molecule has 5 heteroatoms. The summed E-state index contributed by atoms with van der Waals surface area (Å²) in [4.78, 5) is 12.5. The molecule has 0 amide bonds. The van der Waals surface area contributed by atoms with Crippen LogP contribution in [-0.2, 0) is 6.54 Å². The summed E-state index contributed by atoms with van der Waals surface area (Å²) in [6, 6.07) is 0. The van der Waals surface area contributed by atoms with Crippen LogP contribution in [0.5, 0.6) is 0 Å². The zero-order valence-electron chi connectivity index (χ0n) is 9.37. The van der Waals surface area contributed by atoms with Crippen LogP contribution in [0.3, 0.4) is 0 Å². The van der Waals surface area contributed by atoms with Gasteiger partial charge in [0.1, 0.15) is 5.69 Å². The molecule has 0 unspecified atom stereocenters. The summed E-state index contributed by atoms with van der Waals surface area (Å²) in [5.74, 6) is 0.146. The number of ketones is 1. The Morgan fingerprint density at radius 3 is 2.81 bits per heavy atom. The number of halogens is 1. The van der Waals surface area contributed by atoms with Gasteiger partial charge in [0.2, 0.25) is 0 Å². The van der Waals surface area contributed by atoms with Gasteiger partial charge in [-0.25, -0.2) is 0 Å². The Morgan fingerprint density at radius 2 is 2.38 bits per heavy atom. The van der Waals surface area contributed by atoms with Gasteiger partial charge in [0.15, 0.2) is 5.78 Å². The molecule has 0 aliphatic heterocycles. The molecule has 1 heterocycles. The summed E-state index contributed by atoms with van der Waals surface area (Å²) in [5, 5.41) is 4.17. The average Bonchev–Trinajstić information content (AvgIpc) is 2.58. The number of carbonyl (C=O) groups is 1. The van der Waals surface area contributed by atoms with E-state index in [1.54, 1.807) is 10.9 Å². The first-order valence-corrected chi connectivity index (χ1v) is 6.40. The van der Waals surface area contributed by atoms with Gasteiger partial charge in [0.25, 0.3) is 0 Å². The molecule has 1 aromatic heterocycles. The number of nitrogens with two attached hydrogens (primary N) is 1. The van der Waals surface area contributed by atoms with Gasteiger partial charge in [-0.15, -0.1) is 0 Å². The highest BCUT2D eigenvalue weighted by Crippen LogP contribution is 2.43. The molecule has 4 nitrogen and oxygen atoms in total. The third-order valence-corrected chi connectivity index (χ3v) is 4.07. The Morgan fingerprint density at radius 1 is 1.69 bits per heavy atom. The van der Waals surface area contributed by atoms with E-state index < -0.39 is 0 Å². The van der Waals surface area contributed by atoms with E-state index in [0.717, 1.165) is 23.7 Å². The summed E-state index contributed by atoms with van der Waals surface area (Å²) in [5.41, 5.74) is 6.10. The number of rotatable bonds is 4. The lowest BCUT2D eigenvalue weighted by Gasteiger charge is -2.39. The molecule has 1 saturated carbocycles. The van der Waals surface area contributed by atoms with Gasteiger partial charge in [0.05, 0.1) is 10.7 Å². The topological polar surface area (TPSA) is 60.9 Å². The maximum Gasteiger partial charge on any atom is 0.189 e. The van der Waals surface area contributed by atoms with Crippen molar-refractivity contribution in [3.63, 3.8) is 0 Å². The lowest BCUT2D eigenvalue weighted by atomic mass is 9.65. The van der Waals surface area contributed by atoms with Gasteiger partial charge < -0.3 is 5.73 Å². The number of carbonyl (C=O) groups excluding carboxylic acids is 1. The first kappa shape index (κ1) is 11.8. The summed E-state index contributed by atoms with van der Waals surface area (Å²) in [6.45, 7) is 3.12. The molecule has 0 aromatic carbocycles. The van der Waals surface area contributed by atoms with Gasteiger partial charge in [-0.3, -0.25) is 9.48 Å². The van der Waals surface area contributed by atoms with Crippen molar-refractivity contribution in [2.45, 2.75) is 32.7 Å². The number of hydrogen-bond donors (Lipinski definition) is 1. The smallest absolute Gasteiger partial charge is 0.189 e. The van der Waals surface area contributed by atoms with Crippen molar-refractivity contribution in [1.82, 2.24) is 9.78 Å². The maximum absolute atomic E-state index is 12.5. The number of nitrogens with zero attached hydrogens (tertiary/aromatic N) is 2. The minimum absolute atomic E-state index is 0.146. The molecule has 16 heavy (non-hydrogen) atoms. The number of aromatic nitrogens is 2. The van der Waals surface area contributed by atoms with Crippen LogP contribution in [0, 0.1) is 5.41 Å². The summed E-state index contributed by atoms with van der Waals surface area (Å²) >= 11 is 3.39. The van der Waals surface area contributed by atoms with Gasteiger partial charge in [-0.05, 0) is 35.7 Å². The van der Waals surface area contributed by atoms with E-state index in [1.807, 2.05) is 6.92 Å². The molecule has 88 valence electrons. The van der Waals surface area contributed by atoms with Crippen LogP contribution < -0.4 is 5.73 Å². The molecule has 1 aliphatic carbocycles. The molecule has 1 aromatic rings. The largest absolute Gasteiger partial charge is 0.329 e. The second-order valence-electron chi connectivity index (χ2n) is 4.32. The molecular formula is C11H16BrN3O. The molecule has 0 saturated heterocycles. The van der Waals surface area contributed by atoms with E-state index in [9.17, 15) is 4.79 Å². The fourth-order valence-electron chi connectivity index (χ4n) is 2.21. The minimum Gasteiger partial charge on any atom is -0.329 e. The highest BCUT2D eigenvalue weighted by Gasteiger charge is 2.44. The highest BCUT2D eigenvalue weighted by molar-refractivity contribution is 9.10. The molecule has 1 fully saturated rings. The lowest BCUT2D eigenvalue weighted by molar-refractivity contribution is 0.0622. The zero-order valence-corrected chi connectivity index (χ0v) is 11.0. The molecule has 0 atom stereocenters. The van der Waals surface area contributed by atoms with Crippen molar-refractivity contribution in [3.05, 3.63) is 16.4 Å². The Labute approximate surface area is 103 Å². The first-order chi connectivity index (χ1) is 7.64. The fraction of sp³-hybridized carbons (Fsp3) is 0.636. The summed E-state index contributed by atoms with van der Waals surface area (Å²) in [6.07, 6.45) is 4.59. The van der Waals surface area contributed by atoms with Crippen molar-refractivity contribution < 1.29 is 4.79 Å². The number of hydrogen-bond acceptors (Lipinski definition) is 3. The number of Topliss-reactive ketones (excluding diaryl/α,β-unsaturated/α-hetero) is 1. The molecule has 0 bridgehead atoms. The van der Waals surface area contributed by atoms with Crippen LogP contribution in [0.15, 0.2) is 10.7 Å². The lowest BCUT2D eigenvalue weighted by Crippen LogP contribution is -2.45. The maximum atomic E-state index is 12.5. The van der Waals surface area contributed by atoms with Crippen molar-refractivity contribution in [2.24, 2.45) is 11.1 Å². The quantitative estimate of drug-likeness (QED) is 0.861. The number of aryl methyl sites for hydroxylation is 1. The standard InChI is InChI=1S/C11H16BrN3O/c1-2-15-9(8(12)6-14-15)10(16)11(7-13)4-3-5-11/h6H,2-5,7,13H2,1H3. The van der Waals surface area contributed by atoms with E-state index >= 15 is 0 Å². The van der Waals surface area contributed by atoms with E-state index in [2.05, 4.69) is 21.0 Å². The molecule has 2 rings (SSSR count). The minimum atomic E-state index is -0.324. The predicted molar refractivity (Wildman–Crippen MR) is 65.3 cm³/mol. The normalized spacial score (nSPS) is 18.2. The second-order valence-corrected chi connectivity index (χ2v) is 5.18. The SMILES string of the molecule is CCn1ncc(Br)c1C(=O)C1(CN)CCC1. The zero-order chi connectivity index (χ0) is 11.8. The van der Waals surface area contributed by atoms with Crippen LogP contribution in [0.4, 0.5) is 0 Å². The second kappa shape index (κ2) is 4.30. The Bertz CT molecular complexity index is 404. The van der Waals surface area contributed by atoms with Gasteiger partial charge >= 0.3 is 0 Å². The summed E-state index contributed by atoms with van der Waals surface area (Å²) < 4.78 is 2.52. The van der Waals surface area contributed by atoms with E-state index in [-0.39, 0.29) is 11.2 Å². The van der Waals surface area contributed by atoms with Gasteiger partial charge in [-0.1, -0.05) is 6.42 Å². The van der Waals surface area contributed by atoms with E-state index in [0.29, 0.717) is 18.8 Å². The highest BCUT2D eigenvalue weighted by atomic mass is 79.9. The van der Waals surface area contributed by atoms with Crippen LogP contribution in [0.1, 0.15) is 36.7 Å². The van der Waals surface area contributed by atoms with Crippen LogP contribution in [0.2, 0.25) is 0 Å². The average molecular weight is 286 g/mol. The Kier molecular flexibility index (Phi) is 3.17. The summed E-state index contributed by atoms with van der Waals surface area (Å²) in [7, 11) is 0. The third kappa shape index (κ3) is 1.62. The van der Waals surface area contributed by atoms with Crippen LogP contribution in [0.25, 0.3) is 0 Å². The van der Waals surface area contributed by atoms with Crippen molar-refractivity contribution >= 4 is 21.7 Å².